The van der Waals surface area contributed by atoms with Crippen LogP contribution < -0.4 is 5.32 Å². The zero-order valence-corrected chi connectivity index (χ0v) is 62.6. The molecular formula is C82H145NO18. The molecule has 19 heteroatoms. The van der Waals surface area contributed by atoms with Crippen LogP contribution in [0.5, 0.6) is 0 Å². The maximum absolute atomic E-state index is 13.5. The molecular weight excluding hydrogens is 1290 g/mol. The Kier molecular flexibility index (Phi) is 56.6. The summed E-state index contributed by atoms with van der Waals surface area (Å²) in [7, 11) is 0. The first-order valence-corrected chi connectivity index (χ1v) is 40.3. The van der Waals surface area contributed by atoms with E-state index in [9.17, 15) is 61.0 Å². The average Bonchev–Trinajstić information content (AvgIpc) is 0.792. The molecule has 3 aliphatic rings. The van der Waals surface area contributed by atoms with Gasteiger partial charge in [0.15, 0.2) is 18.9 Å². The molecule has 0 aromatic heterocycles. The van der Waals surface area contributed by atoms with Crippen LogP contribution in [0.3, 0.4) is 0 Å². The summed E-state index contributed by atoms with van der Waals surface area (Å²) in [6, 6.07) is -0.996. The minimum absolute atomic E-state index is 0.232. The van der Waals surface area contributed by atoms with Crippen LogP contribution in [-0.2, 0) is 33.2 Å². The molecule has 12 N–H and O–H groups in total. The smallest absolute Gasteiger partial charge is 0.220 e. The Hall–Kier alpha value is -3.03. The van der Waals surface area contributed by atoms with Gasteiger partial charge in [-0.1, -0.05) is 298 Å². The third kappa shape index (κ3) is 42.2. The predicted molar refractivity (Wildman–Crippen MR) is 401 cm³/mol. The SMILES string of the molecule is CC/C=C\C/C=C\C/C=C\C/C=C\C/C=C\CCCCCCCCCCCCCCCCCC(=O)NC(COC1OC(CO)C(OC2OC(CO)C(OC3OC(CO)C(O)C(O)C3O)C(O)C2O)C(O)C1O)C(O)/C=C/CC/C=C/CCCCCCCCCCCCCCCCCCCCC. The number of rotatable bonds is 63. The van der Waals surface area contributed by atoms with E-state index in [2.05, 4.69) is 92.1 Å². The first-order chi connectivity index (χ1) is 49.3. The van der Waals surface area contributed by atoms with E-state index >= 15 is 0 Å². The standard InChI is InChI=1S/C82H145NO18/c1-3-5-7-9-11-13-15-17-19-21-23-25-27-29-30-31-32-33-34-36-38-40-42-44-46-48-50-52-54-56-58-60-70(88)83-65(66(87)59-57-55-53-51-49-47-45-43-41-39-37-35-28-26-24-22-20-18-16-14-12-10-8-6-4-2)64-96-80-76(94)73(91)78(68(62-85)98-80)101-82-77(95)74(92)79(69(63-86)99-82)100-81-75(93)72(90)71(89)67(61-84)97-81/h5,7,11,13,17,19,23,25,29-30,49,51,57,59,65-69,71-82,84-87,89-95H,3-4,6,8-10,12,14-16,18,20-22,24,26-28,31-48,50,52-56,58,60-64H2,1-2H3,(H,83,88)/b7-5-,13-11-,19-17-,25-23-,30-29-,51-49+,59-57+. The lowest BCUT2D eigenvalue weighted by molar-refractivity contribution is -0.379. The van der Waals surface area contributed by atoms with Crippen LogP contribution in [-0.4, -0.2) is 193 Å². The van der Waals surface area contributed by atoms with Crippen molar-refractivity contribution < 1.29 is 89.4 Å². The van der Waals surface area contributed by atoms with Gasteiger partial charge in [-0.2, -0.15) is 0 Å². The molecule has 0 saturated carbocycles. The van der Waals surface area contributed by atoms with E-state index in [1.165, 1.54) is 193 Å². The Morgan fingerprint density at radius 3 is 1.11 bits per heavy atom. The molecule has 586 valence electrons. The van der Waals surface area contributed by atoms with E-state index in [0.717, 1.165) is 70.6 Å². The number of aliphatic hydroxyl groups excluding tert-OH is 11. The summed E-state index contributed by atoms with van der Waals surface area (Å²) in [5.74, 6) is -0.285. The fourth-order valence-corrected chi connectivity index (χ4v) is 13.2. The lowest BCUT2D eigenvalue weighted by atomic mass is 9.96. The molecule has 0 aromatic carbocycles. The molecule has 3 aliphatic heterocycles. The van der Waals surface area contributed by atoms with Gasteiger partial charge in [0.05, 0.1) is 38.6 Å². The number of nitrogens with one attached hydrogen (secondary N) is 1. The molecule has 1 amide bonds. The van der Waals surface area contributed by atoms with Crippen molar-refractivity contribution in [3.8, 4) is 0 Å². The van der Waals surface area contributed by atoms with Crippen LogP contribution in [0.4, 0.5) is 0 Å². The number of hydrogen-bond donors (Lipinski definition) is 12. The molecule has 0 radical (unpaired) electrons. The lowest BCUT2D eigenvalue weighted by Crippen LogP contribution is -2.66. The van der Waals surface area contributed by atoms with E-state index in [0.29, 0.717) is 12.8 Å². The number of carbonyl (C=O) groups excluding carboxylic acids is 1. The summed E-state index contributed by atoms with van der Waals surface area (Å²) in [4.78, 5) is 13.5. The van der Waals surface area contributed by atoms with Crippen molar-refractivity contribution in [2.24, 2.45) is 0 Å². The quantitative estimate of drug-likeness (QED) is 0.0199. The highest BCUT2D eigenvalue weighted by molar-refractivity contribution is 5.76. The third-order valence-electron chi connectivity index (χ3n) is 19.7. The molecule has 3 saturated heterocycles. The molecule has 0 bridgehead atoms. The molecule has 3 heterocycles. The Morgan fingerprint density at radius 1 is 0.366 bits per heavy atom. The maximum atomic E-state index is 13.5. The van der Waals surface area contributed by atoms with Gasteiger partial charge in [0.1, 0.15) is 73.2 Å². The van der Waals surface area contributed by atoms with Crippen molar-refractivity contribution in [3.05, 3.63) is 85.1 Å². The molecule has 17 unspecified atom stereocenters. The average molecular weight is 1430 g/mol. The highest BCUT2D eigenvalue weighted by Crippen LogP contribution is 2.33. The van der Waals surface area contributed by atoms with E-state index < -0.39 is 124 Å². The molecule has 17 atom stereocenters. The van der Waals surface area contributed by atoms with Gasteiger partial charge in [-0.3, -0.25) is 4.79 Å². The summed E-state index contributed by atoms with van der Waals surface area (Å²) < 4.78 is 34.4. The van der Waals surface area contributed by atoms with E-state index in [1.807, 2.05) is 6.08 Å². The highest BCUT2D eigenvalue weighted by Gasteiger charge is 2.54. The molecule has 0 aromatic rings. The number of aliphatic hydroxyl groups is 11. The lowest BCUT2D eigenvalue weighted by Gasteiger charge is -2.48. The monoisotopic (exact) mass is 1430 g/mol. The van der Waals surface area contributed by atoms with Crippen molar-refractivity contribution in [2.45, 2.75) is 401 Å². The van der Waals surface area contributed by atoms with Crippen molar-refractivity contribution in [1.82, 2.24) is 5.32 Å². The van der Waals surface area contributed by atoms with Gasteiger partial charge in [-0.05, 0) is 77.0 Å². The van der Waals surface area contributed by atoms with Crippen molar-refractivity contribution in [1.29, 1.82) is 0 Å². The Labute approximate surface area is 610 Å². The summed E-state index contributed by atoms with van der Waals surface area (Å²) in [6.45, 7) is 1.63. The van der Waals surface area contributed by atoms with Gasteiger partial charge >= 0.3 is 0 Å². The normalized spacial score (nSPS) is 26.8. The minimum atomic E-state index is -1.98. The maximum Gasteiger partial charge on any atom is 0.220 e. The number of allylic oxidation sites excluding steroid dienone is 13. The Morgan fingerprint density at radius 2 is 0.693 bits per heavy atom. The number of amides is 1. The zero-order chi connectivity index (χ0) is 73.2. The van der Waals surface area contributed by atoms with Crippen molar-refractivity contribution >= 4 is 5.91 Å². The summed E-state index contributed by atoms with van der Waals surface area (Å²) >= 11 is 0. The Bertz CT molecular complexity index is 2150. The molecule has 3 rings (SSSR count). The zero-order valence-electron chi connectivity index (χ0n) is 62.6. The molecule has 3 fully saturated rings. The number of ether oxygens (including phenoxy) is 6. The second kappa shape index (κ2) is 62.1. The predicted octanol–water partition coefficient (Wildman–Crippen LogP) is 13.4. The van der Waals surface area contributed by atoms with E-state index in [-0.39, 0.29) is 18.9 Å². The number of hydrogen-bond acceptors (Lipinski definition) is 18. The first kappa shape index (κ1) is 92.2. The van der Waals surface area contributed by atoms with Crippen molar-refractivity contribution in [3.63, 3.8) is 0 Å². The van der Waals surface area contributed by atoms with Crippen molar-refractivity contribution in [2.75, 3.05) is 26.4 Å². The number of unbranched alkanes of at least 4 members (excludes halogenated alkanes) is 35. The van der Waals surface area contributed by atoms with Gasteiger partial charge < -0.3 is 89.9 Å². The van der Waals surface area contributed by atoms with Gasteiger partial charge in [0, 0.05) is 6.42 Å². The molecule has 19 nitrogen and oxygen atoms in total. The van der Waals surface area contributed by atoms with Gasteiger partial charge in [-0.15, -0.1) is 0 Å². The van der Waals surface area contributed by atoms with Gasteiger partial charge in [-0.25, -0.2) is 0 Å². The topological polar surface area (TPSA) is 307 Å². The van der Waals surface area contributed by atoms with E-state index in [4.69, 9.17) is 28.4 Å². The van der Waals surface area contributed by atoms with Gasteiger partial charge in [0.2, 0.25) is 5.91 Å². The summed E-state index contributed by atoms with van der Waals surface area (Å²) in [6.07, 6.45) is 55.7. The van der Waals surface area contributed by atoms with Crippen LogP contribution in [0.2, 0.25) is 0 Å². The van der Waals surface area contributed by atoms with Gasteiger partial charge in [0.25, 0.3) is 0 Å². The van der Waals surface area contributed by atoms with Crippen LogP contribution >= 0.6 is 0 Å². The number of carbonyl (C=O) groups is 1. The minimum Gasteiger partial charge on any atom is -0.394 e. The molecule has 0 spiro atoms. The largest absolute Gasteiger partial charge is 0.394 e. The van der Waals surface area contributed by atoms with Crippen LogP contribution in [0.1, 0.15) is 296 Å². The third-order valence-corrected chi connectivity index (χ3v) is 19.7. The highest BCUT2D eigenvalue weighted by atomic mass is 16.8. The van der Waals surface area contributed by atoms with E-state index in [1.54, 1.807) is 6.08 Å². The first-order valence-electron chi connectivity index (χ1n) is 40.3. The van der Waals surface area contributed by atoms with Crippen LogP contribution in [0, 0.1) is 0 Å². The fourth-order valence-electron chi connectivity index (χ4n) is 13.2. The summed E-state index contributed by atoms with van der Waals surface area (Å²) in [5.41, 5.74) is 0. The van der Waals surface area contributed by atoms with Crippen LogP contribution in [0.25, 0.3) is 0 Å². The second-order valence-electron chi connectivity index (χ2n) is 28.5. The molecule has 0 aliphatic carbocycles. The Balaban J connectivity index is 1.38. The fraction of sp³-hybridized carbons (Fsp3) is 0.817. The summed E-state index contributed by atoms with van der Waals surface area (Å²) in [5, 5.41) is 121. The molecule has 101 heavy (non-hydrogen) atoms. The second-order valence-corrected chi connectivity index (χ2v) is 28.5. The van der Waals surface area contributed by atoms with Crippen LogP contribution in [0.15, 0.2) is 85.1 Å².